The molecule has 0 saturated carbocycles. The van der Waals surface area contributed by atoms with Gasteiger partial charge in [0.05, 0.1) is 7.11 Å². The first kappa shape index (κ1) is 14.3. The minimum Gasteiger partial charge on any atom is -0.466 e. The molecule has 0 aliphatic carbocycles. The molecule has 3 heteroatoms. The lowest BCUT2D eigenvalue weighted by atomic mass is 9.96. The standard InChI is InChI=1S/C12H20O2S/c1-6-15-10(12(2,3)4)8-7-9-11(13)14-5/h7-9H,6H2,1-5H3/b9-7+,10-8+. The Morgan fingerprint density at radius 3 is 2.40 bits per heavy atom. The lowest BCUT2D eigenvalue weighted by Crippen LogP contribution is -2.06. The molecule has 2 nitrogen and oxygen atoms in total. The van der Waals surface area contributed by atoms with Crippen LogP contribution in [0, 0.1) is 5.41 Å². The summed E-state index contributed by atoms with van der Waals surface area (Å²) >= 11 is 1.80. The zero-order valence-electron chi connectivity index (χ0n) is 10.2. The average Bonchev–Trinajstić information content (AvgIpc) is 2.14. The summed E-state index contributed by atoms with van der Waals surface area (Å²) in [6.07, 6.45) is 5.15. The van der Waals surface area contributed by atoms with Crippen LogP contribution in [0.4, 0.5) is 0 Å². The van der Waals surface area contributed by atoms with Crippen LogP contribution in [0.5, 0.6) is 0 Å². The van der Waals surface area contributed by atoms with Gasteiger partial charge in [0.2, 0.25) is 0 Å². The van der Waals surface area contributed by atoms with Crippen LogP contribution in [-0.4, -0.2) is 18.8 Å². The van der Waals surface area contributed by atoms with Crippen molar-refractivity contribution in [1.82, 2.24) is 0 Å². The topological polar surface area (TPSA) is 26.3 Å². The van der Waals surface area contributed by atoms with Crippen molar-refractivity contribution < 1.29 is 9.53 Å². The molecule has 15 heavy (non-hydrogen) atoms. The second kappa shape index (κ2) is 6.72. The molecule has 0 heterocycles. The van der Waals surface area contributed by atoms with E-state index in [2.05, 4.69) is 32.4 Å². The number of ether oxygens (including phenoxy) is 1. The van der Waals surface area contributed by atoms with Gasteiger partial charge in [-0.2, -0.15) is 0 Å². The van der Waals surface area contributed by atoms with Gasteiger partial charge in [0.1, 0.15) is 0 Å². The van der Waals surface area contributed by atoms with E-state index < -0.39 is 0 Å². The molecule has 86 valence electrons. The number of thioether (sulfide) groups is 1. The lowest BCUT2D eigenvalue weighted by molar-refractivity contribution is -0.134. The maximum absolute atomic E-state index is 10.9. The van der Waals surface area contributed by atoms with E-state index in [1.165, 1.54) is 18.1 Å². The van der Waals surface area contributed by atoms with Gasteiger partial charge in [-0.1, -0.05) is 39.8 Å². The van der Waals surface area contributed by atoms with E-state index >= 15 is 0 Å². The van der Waals surface area contributed by atoms with Crippen molar-refractivity contribution >= 4 is 17.7 Å². The third kappa shape index (κ3) is 6.39. The van der Waals surface area contributed by atoms with Crippen molar-refractivity contribution in [3.05, 3.63) is 23.1 Å². The number of carbonyl (C=O) groups excluding carboxylic acids is 1. The monoisotopic (exact) mass is 228 g/mol. The summed E-state index contributed by atoms with van der Waals surface area (Å²) in [4.78, 5) is 12.1. The van der Waals surface area contributed by atoms with E-state index in [0.29, 0.717) is 0 Å². The fourth-order valence-electron chi connectivity index (χ4n) is 0.952. The molecule has 0 atom stereocenters. The number of carbonyl (C=O) groups is 1. The molecular formula is C12H20O2S. The third-order valence-electron chi connectivity index (χ3n) is 1.72. The van der Waals surface area contributed by atoms with Crippen molar-refractivity contribution in [3.63, 3.8) is 0 Å². The SMILES string of the molecule is CCS/C(=C/C=C/C(=O)OC)C(C)(C)C. The van der Waals surface area contributed by atoms with Crippen LogP contribution in [0.3, 0.4) is 0 Å². The Morgan fingerprint density at radius 2 is 2.00 bits per heavy atom. The summed E-state index contributed by atoms with van der Waals surface area (Å²) in [6, 6.07) is 0. The van der Waals surface area contributed by atoms with Crippen LogP contribution >= 0.6 is 11.8 Å². The molecule has 0 aromatic carbocycles. The summed E-state index contributed by atoms with van der Waals surface area (Å²) in [5.74, 6) is 0.718. The van der Waals surface area contributed by atoms with E-state index in [-0.39, 0.29) is 11.4 Å². The molecule has 0 fully saturated rings. The smallest absolute Gasteiger partial charge is 0.330 e. The average molecular weight is 228 g/mol. The Balaban J connectivity index is 4.56. The number of methoxy groups -OCH3 is 1. The van der Waals surface area contributed by atoms with E-state index in [9.17, 15) is 4.79 Å². The van der Waals surface area contributed by atoms with E-state index in [1.807, 2.05) is 6.08 Å². The maximum Gasteiger partial charge on any atom is 0.330 e. The minimum atomic E-state index is -0.319. The first-order chi connectivity index (χ1) is 6.91. The quantitative estimate of drug-likeness (QED) is 0.419. The Kier molecular flexibility index (Phi) is 6.41. The molecule has 0 aromatic rings. The van der Waals surface area contributed by atoms with Crippen LogP contribution < -0.4 is 0 Å². The maximum atomic E-state index is 10.9. The normalized spacial score (nSPS) is 13.3. The first-order valence-corrected chi connectivity index (χ1v) is 6.00. The highest BCUT2D eigenvalue weighted by atomic mass is 32.2. The summed E-state index contributed by atoms with van der Waals surface area (Å²) in [7, 11) is 1.38. The molecule has 0 aromatic heterocycles. The lowest BCUT2D eigenvalue weighted by Gasteiger charge is -2.21. The fourth-order valence-corrected chi connectivity index (χ4v) is 1.87. The number of allylic oxidation sites excluding steroid dienone is 3. The largest absolute Gasteiger partial charge is 0.466 e. The molecular weight excluding hydrogens is 208 g/mol. The number of esters is 1. The molecule has 0 saturated heterocycles. The zero-order chi connectivity index (χ0) is 11.9. The molecule has 0 aliphatic rings. The third-order valence-corrected chi connectivity index (χ3v) is 3.07. The van der Waals surface area contributed by atoms with Crippen molar-refractivity contribution in [1.29, 1.82) is 0 Å². The summed E-state index contributed by atoms with van der Waals surface area (Å²) < 4.78 is 4.52. The number of hydrogen-bond acceptors (Lipinski definition) is 3. The molecule has 0 rings (SSSR count). The van der Waals surface area contributed by atoms with E-state index in [4.69, 9.17) is 0 Å². The zero-order valence-corrected chi connectivity index (χ0v) is 11.0. The summed E-state index contributed by atoms with van der Waals surface area (Å²) in [5, 5.41) is 0. The highest BCUT2D eigenvalue weighted by Crippen LogP contribution is 2.34. The fraction of sp³-hybridized carbons (Fsp3) is 0.583. The molecule has 0 aliphatic heterocycles. The van der Waals surface area contributed by atoms with Crippen molar-refractivity contribution in [2.75, 3.05) is 12.9 Å². The van der Waals surface area contributed by atoms with Crippen molar-refractivity contribution in [2.45, 2.75) is 27.7 Å². The van der Waals surface area contributed by atoms with Crippen LogP contribution in [0.25, 0.3) is 0 Å². The Bertz CT molecular complexity index is 259. The van der Waals surface area contributed by atoms with Gasteiger partial charge >= 0.3 is 5.97 Å². The number of hydrogen-bond donors (Lipinski definition) is 0. The van der Waals surface area contributed by atoms with Crippen LogP contribution in [-0.2, 0) is 9.53 Å². The minimum absolute atomic E-state index is 0.126. The molecule has 0 radical (unpaired) electrons. The summed E-state index contributed by atoms with van der Waals surface area (Å²) in [5.41, 5.74) is 0.126. The van der Waals surface area contributed by atoms with Gasteiger partial charge in [-0.05, 0) is 16.1 Å². The van der Waals surface area contributed by atoms with E-state index in [0.717, 1.165) is 5.75 Å². The van der Waals surface area contributed by atoms with Crippen molar-refractivity contribution in [2.24, 2.45) is 5.41 Å². The van der Waals surface area contributed by atoms with Gasteiger partial charge in [-0.25, -0.2) is 4.79 Å². The van der Waals surface area contributed by atoms with Gasteiger partial charge in [-0.15, -0.1) is 11.8 Å². The second-order valence-corrected chi connectivity index (χ2v) is 5.40. The highest BCUT2D eigenvalue weighted by Gasteiger charge is 2.15. The molecule has 0 amide bonds. The van der Waals surface area contributed by atoms with Crippen molar-refractivity contribution in [3.8, 4) is 0 Å². The Morgan fingerprint density at radius 1 is 1.40 bits per heavy atom. The van der Waals surface area contributed by atoms with Gasteiger partial charge in [0, 0.05) is 6.08 Å². The Labute approximate surface area is 96.8 Å². The molecule has 0 spiro atoms. The van der Waals surface area contributed by atoms with Gasteiger partial charge in [0.15, 0.2) is 0 Å². The van der Waals surface area contributed by atoms with E-state index in [1.54, 1.807) is 17.8 Å². The predicted octanol–water partition coefficient (Wildman–Crippen LogP) is 3.40. The van der Waals surface area contributed by atoms with Gasteiger partial charge < -0.3 is 4.74 Å². The van der Waals surface area contributed by atoms with Crippen LogP contribution in [0.15, 0.2) is 23.1 Å². The second-order valence-electron chi connectivity index (χ2n) is 4.10. The van der Waals surface area contributed by atoms with Crippen LogP contribution in [0.1, 0.15) is 27.7 Å². The summed E-state index contributed by atoms with van der Waals surface area (Å²) in [6.45, 7) is 8.60. The van der Waals surface area contributed by atoms with Gasteiger partial charge in [0.25, 0.3) is 0 Å². The highest BCUT2D eigenvalue weighted by molar-refractivity contribution is 8.03. The van der Waals surface area contributed by atoms with Crippen LogP contribution in [0.2, 0.25) is 0 Å². The Hall–Kier alpha value is -0.700. The predicted molar refractivity (Wildman–Crippen MR) is 66.8 cm³/mol. The van der Waals surface area contributed by atoms with Gasteiger partial charge in [-0.3, -0.25) is 0 Å². The number of rotatable bonds is 4. The molecule has 0 unspecified atom stereocenters. The first-order valence-electron chi connectivity index (χ1n) is 5.01. The molecule has 0 bridgehead atoms. The molecule has 0 N–H and O–H groups in total.